The molecule has 1 heterocycles. The Morgan fingerprint density at radius 3 is 2.76 bits per heavy atom. The molecule has 1 saturated heterocycles. The zero-order chi connectivity index (χ0) is 12.7. The van der Waals surface area contributed by atoms with Crippen molar-refractivity contribution >= 4 is 0 Å². The Bertz CT molecular complexity index is 197. The summed E-state index contributed by atoms with van der Waals surface area (Å²) in [5.41, 5.74) is 5.85. The highest BCUT2D eigenvalue weighted by Crippen LogP contribution is 2.16. The van der Waals surface area contributed by atoms with Crippen molar-refractivity contribution in [2.24, 2.45) is 17.6 Å². The van der Waals surface area contributed by atoms with Gasteiger partial charge in [-0.2, -0.15) is 0 Å². The largest absolute Gasteiger partial charge is 0.376 e. The highest BCUT2D eigenvalue weighted by Gasteiger charge is 2.19. The lowest BCUT2D eigenvalue weighted by atomic mass is 9.94. The van der Waals surface area contributed by atoms with Crippen LogP contribution in [0.1, 0.15) is 40.0 Å². The maximum absolute atomic E-state index is 5.85. The first-order valence-corrected chi connectivity index (χ1v) is 7.19. The molecule has 102 valence electrons. The molecule has 0 aromatic heterocycles. The van der Waals surface area contributed by atoms with E-state index in [1.165, 1.54) is 19.4 Å². The SMILES string of the molecule is CCC1CN(CCC(CN)CC(C)C)CCO1. The molecular weight excluding hydrogens is 212 g/mol. The van der Waals surface area contributed by atoms with Gasteiger partial charge in [-0.1, -0.05) is 20.8 Å². The summed E-state index contributed by atoms with van der Waals surface area (Å²) in [5.74, 6) is 1.45. The van der Waals surface area contributed by atoms with Crippen LogP contribution < -0.4 is 5.73 Å². The fourth-order valence-electron chi connectivity index (χ4n) is 2.59. The molecule has 3 heteroatoms. The predicted octanol–water partition coefficient (Wildman–Crippen LogP) is 2.11. The van der Waals surface area contributed by atoms with E-state index in [0.29, 0.717) is 12.0 Å². The number of nitrogens with zero attached hydrogens (tertiary/aromatic N) is 1. The Labute approximate surface area is 107 Å². The molecule has 1 fully saturated rings. The monoisotopic (exact) mass is 242 g/mol. The van der Waals surface area contributed by atoms with Crippen molar-refractivity contribution in [2.75, 3.05) is 32.8 Å². The van der Waals surface area contributed by atoms with Gasteiger partial charge in [0.15, 0.2) is 0 Å². The van der Waals surface area contributed by atoms with Crippen LogP contribution in [-0.2, 0) is 4.74 Å². The Morgan fingerprint density at radius 1 is 1.41 bits per heavy atom. The second-order valence-electron chi connectivity index (χ2n) is 5.72. The fourth-order valence-corrected chi connectivity index (χ4v) is 2.59. The van der Waals surface area contributed by atoms with Gasteiger partial charge in [0.05, 0.1) is 12.7 Å². The molecule has 2 N–H and O–H groups in total. The van der Waals surface area contributed by atoms with E-state index in [4.69, 9.17) is 10.5 Å². The first kappa shape index (κ1) is 14.9. The molecule has 0 radical (unpaired) electrons. The molecule has 0 aromatic carbocycles. The first-order valence-electron chi connectivity index (χ1n) is 7.19. The number of nitrogens with two attached hydrogens (primary N) is 1. The van der Waals surface area contributed by atoms with Crippen LogP contribution in [-0.4, -0.2) is 43.8 Å². The van der Waals surface area contributed by atoms with Crippen LogP contribution in [0.3, 0.4) is 0 Å². The summed E-state index contributed by atoms with van der Waals surface area (Å²) in [6, 6.07) is 0. The highest BCUT2D eigenvalue weighted by atomic mass is 16.5. The molecule has 3 nitrogen and oxygen atoms in total. The maximum atomic E-state index is 5.85. The van der Waals surface area contributed by atoms with Crippen molar-refractivity contribution < 1.29 is 4.74 Å². The van der Waals surface area contributed by atoms with E-state index >= 15 is 0 Å². The molecule has 1 rings (SSSR count). The minimum atomic E-state index is 0.449. The molecule has 0 amide bonds. The third-order valence-corrected chi connectivity index (χ3v) is 3.67. The molecule has 0 saturated carbocycles. The van der Waals surface area contributed by atoms with E-state index in [-0.39, 0.29) is 0 Å². The molecule has 17 heavy (non-hydrogen) atoms. The van der Waals surface area contributed by atoms with Crippen LogP contribution in [0.4, 0.5) is 0 Å². The van der Waals surface area contributed by atoms with Crippen LogP contribution in [0, 0.1) is 11.8 Å². The molecule has 2 atom stereocenters. The number of rotatable bonds is 7. The van der Waals surface area contributed by atoms with Crippen LogP contribution in [0.25, 0.3) is 0 Å². The first-order chi connectivity index (χ1) is 8.15. The third kappa shape index (κ3) is 5.84. The lowest BCUT2D eigenvalue weighted by molar-refractivity contribution is -0.0310. The second kappa shape index (κ2) is 8.06. The second-order valence-corrected chi connectivity index (χ2v) is 5.72. The normalized spacial score (nSPS) is 24.2. The third-order valence-electron chi connectivity index (χ3n) is 3.67. The van der Waals surface area contributed by atoms with E-state index in [1.54, 1.807) is 0 Å². The maximum Gasteiger partial charge on any atom is 0.0700 e. The molecular formula is C14H30N2O. The molecule has 2 unspecified atom stereocenters. The van der Waals surface area contributed by atoms with Crippen LogP contribution >= 0.6 is 0 Å². The van der Waals surface area contributed by atoms with Crippen molar-refractivity contribution in [3.8, 4) is 0 Å². The molecule has 0 aliphatic carbocycles. The zero-order valence-corrected chi connectivity index (χ0v) is 11.8. The van der Waals surface area contributed by atoms with E-state index in [2.05, 4.69) is 25.7 Å². The number of morpholine rings is 1. The zero-order valence-electron chi connectivity index (χ0n) is 11.8. The van der Waals surface area contributed by atoms with Gasteiger partial charge in [0.1, 0.15) is 0 Å². The molecule has 0 aromatic rings. The van der Waals surface area contributed by atoms with E-state index in [1.807, 2.05) is 0 Å². The fraction of sp³-hybridized carbons (Fsp3) is 1.00. The van der Waals surface area contributed by atoms with Crippen molar-refractivity contribution in [3.05, 3.63) is 0 Å². The molecule has 1 aliphatic rings. The Kier molecular flexibility index (Phi) is 7.09. The average Bonchev–Trinajstić information content (AvgIpc) is 2.34. The van der Waals surface area contributed by atoms with Crippen molar-refractivity contribution in [3.63, 3.8) is 0 Å². The smallest absolute Gasteiger partial charge is 0.0700 e. The topological polar surface area (TPSA) is 38.5 Å². The van der Waals surface area contributed by atoms with Gasteiger partial charge in [-0.25, -0.2) is 0 Å². The van der Waals surface area contributed by atoms with Crippen molar-refractivity contribution in [1.82, 2.24) is 4.90 Å². The Hall–Kier alpha value is -0.120. The predicted molar refractivity (Wildman–Crippen MR) is 73.1 cm³/mol. The summed E-state index contributed by atoms with van der Waals surface area (Å²) in [4.78, 5) is 2.54. The quantitative estimate of drug-likeness (QED) is 0.743. The summed E-state index contributed by atoms with van der Waals surface area (Å²) >= 11 is 0. The van der Waals surface area contributed by atoms with Gasteiger partial charge in [0.2, 0.25) is 0 Å². The number of ether oxygens (including phenoxy) is 1. The summed E-state index contributed by atoms with van der Waals surface area (Å²) in [6.45, 7) is 11.9. The summed E-state index contributed by atoms with van der Waals surface area (Å²) in [6.07, 6.45) is 4.08. The Morgan fingerprint density at radius 2 is 2.18 bits per heavy atom. The summed E-state index contributed by atoms with van der Waals surface area (Å²) < 4.78 is 5.69. The van der Waals surface area contributed by atoms with Gasteiger partial charge in [-0.3, -0.25) is 4.90 Å². The highest BCUT2D eigenvalue weighted by molar-refractivity contribution is 4.72. The van der Waals surface area contributed by atoms with Crippen LogP contribution in [0.15, 0.2) is 0 Å². The van der Waals surface area contributed by atoms with Gasteiger partial charge in [-0.05, 0) is 44.2 Å². The number of hydrogen-bond donors (Lipinski definition) is 1. The van der Waals surface area contributed by atoms with E-state index in [9.17, 15) is 0 Å². The average molecular weight is 242 g/mol. The van der Waals surface area contributed by atoms with Crippen molar-refractivity contribution in [2.45, 2.75) is 46.1 Å². The van der Waals surface area contributed by atoms with Gasteiger partial charge in [0.25, 0.3) is 0 Å². The minimum absolute atomic E-state index is 0.449. The standard InChI is InChI=1S/C14H30N2O/c1-4-14-11-16(7-8-17-14)6-5-13(10-15)9-12(2)3/h12-14H,4-11,15H2,1-3H3. The molecule has 1 aliphatic heterocycles. The number of hydrogen-bond acceptors (Lipinski definition) is 3. The van der Waals surface area contributed by atoms with Gasteiger partial charge in [0, 0.05) is 13.1 Å². The Balaban J connectivity index is 2.23. The van der Waals surface area contributed by atoms with Gasteiger partial charge >= 0.3 is 0 Å². The van der Waals surface area contributed by atoms with Gasteiger partial charge < -0.3 is 10.5 Å². The van der Waals surface area contributed by atoms with Crippen LogP contribution in [0.2, 0.25) is 0 Å². The van der Waals surface area contributed by atoms with E-state index in [0.717, 1.165) is 38.6 Å². The lowest BCUT2D eigenvalue weighted by Gasteiger charge is -2.33. The summed E-state index contributed by atoms with van der Waals surface area (Å²) in [7, 11) is 0. The van der Waals surface area contributed by atoms with Gasteiger partial charge in [-0.15, -0.1) is 0 Å². The minimum Gasteiger partial charge on any atom is -0.376 e. The molecule has 0 bridgehead atoms. The lowest BCUT2D eigenvalue weighted by Crippen LogP contribution is -2.43. The van der Waals surface area contributed by atoms with E-state index < -0.39 is 0 Å². The molecule has 0 spiro atoms. The van der Waals surface area contributed by atoms with Crippen molar-refractivity contribution in [1.29, 1.82) is 0 Å². The summed E-state index contributed by atoms with van der Waals surface area (Å²) in [5, 5.41) is 0. The van der Waals surface area contributed by atoms with Crippen LogP contribution in [0.5, 0.6) is 0 Å².